The van der Waals surface area contributed by atoms with Gasteiger partial charge in [-0.25, -0.2) is 14.6 Å². The molecule has 3 rings (SSSR count). The number of aryl methyl sites for hydroxylation is 1. The molecule has 8 nitrogen and oxygen atoms in total. The smallest absolute Gasteiger partial charge is 0.168 e. The summed E-state index contributed by atoms with van der Waals surface area (Å²) in [6.45, 7) is 2.53. The zero-order valence-electron chi connectivity index (χ0n) is 12.6. The standard InChI is InChI=1S/C14H16N7O/c1-4-22-6-5-12-11(15-2)8-19-21(12)14-10-7-18-20(3)13(10)16-9-17-14/h5-9H,4H2,1-3H3/q-1. The molecule has 0 N–H and O–H groups in total. The van der Waals surface area contributed by atoms with E-state index in [4.69, 9.17) is 4.74 Å². The SMILES string of the molecule is CCOC=Cc1c([N-]C)cnn1-c1ncnc2c1cnn2C. The largest absolute Gasteiger partial charge is 0.684 e. The van der Waals surface area contributed by atoms with Crippen molar-refractivity contribution < 1.29 is 4.74 Å². The summed E-state index contributed by atoms with van der Waals surface area (Å²) in [5.74, 6) is 0.657. The second-order valence-electron chi connectivity index (χ2n) is 4.51. The molecule has 3 heterocycles. The molecule has 0 saturated heterocycles. The number of ether oxygens (including phenoxy) is 1. The first-order valence-corrected chi connectivity index (χ1v) is 6.85. The Hall–Kier alpha value is -2.90. The molecule has 0 saturated carbocycles. The Kier molecular flexibility index (Phi) is 3.73. The van der Waals surface area contributed by atoms with Crippen LogP contribution in [0.1, 0.15) is 12.6 Å². The van der Waals surface area contributed by atoms with Crippen LogP contribution in [-0.2, 0) is 11.8 Å². The third kappa shape index (κ3) is 2.28. The molecule has 0 aliphatic heterocycles. The van der Waals surface area contributed by atoms with Gasteiger partial charge in [0.2, 0.25) is 0 Å². The third-order valence-corrected chi connectivity index (χ3v) is 3.22. The lowest BCUT2D eigenvalue weighted by Crippen LogP contribution is -2.03. The van der Waals surface area contributed by atoms with Gasteiger partial charge in [-0.2, -0.15) is 10.2 Å². The van der Waals surface area contributed by atoms with Gasteiger partial charge >= 0.3 is 0 Å². The summed E-state index contributed by atoms with van der Waals surface area (Å²) in [6, 6.07) is 0. The van der Waals surface area contributed by atoms with Crippen LogP contribution in [0, 0.1) is 0 Å². The van der Waals surface area contributed by atoms with Gasteiger partial charge in [-0.05, 0) is 13.0 Å². The van der Waals surface area contributed by atoms with Crippen LogP contribution in [0.25, 0.3) is 28.2 Å². The van der Waals surface area contributed by atoms with Gasteiger partial charge in [0.15, 0.2) is 11.5 Å². The Balaban J connectivity index is 2.16. The van der Waals surface area contributed by atoms with E-state index in [1.807, 2.05) is 20.0 Å². The van der Waals surface area contributed by atoms with Gasteiger partial charge in [0.25, 0.3) is 0 Å². The molecule has 0 fully saturated rings. The molecule has 114 valence electrons. The van der Waals surface area contributed by atoms with Crippen molar-refractivity contribution in [3.63, 3.8) is 0 Å². The Morgan fingerprint density at radius 1 is 1.27 bits per heavy atom. The van der Waals surface area contributed by atoms with E-state index >= 15 is 0 Å². The van der Waals surface area contributed by atoms with Crippen molar-refractivity contribution in [3.05, 3.63) is 36.0 Å². The van der Waals surface area contributed by atoms with Gasteiger partial charge in [-0.1, -0.05) is 5.69 Å². The van der Waals surface area contributed by atoms with Crippen LogP contribution in [0.5, 0.6) is 0 Å². The molecule has 3 aromatic heterocycles. The monoisotopic (exact) mass is 298 g/mol. The first-order chi connectivity index (χ1) is 10.8. The summed E-state index contributed by atoms with van der Waals surface area (Å²) in [6.07, 6.45) is 8.37. The number of hydrogen-bond acceptors (Lipinski definition) is 5. The summed E-state index contributed by atoms with van der Waals surface area (Å²) >= 11 is 0. The van der Waals surface area contributed by atoms with Gasteiger partial charge in [-0.15, -0.1) is 7.05 Å². The van der Waals surface area contributed by atoms with Crippen LogP contribution in [0.2, 0.25) is 0 Å². The van der Waals surface area contributed by atoms with Crippen LogP contribution in [0.4, 0.5) is 5.69 Å². The fourth-order valence-corrected chi connectivity index (χ4v) is 2.17. The van der Waals surface area contributed by atoms with Gasteiger partial charge in [0, 0.05) is 13.2 Å². The normalized spacial score (nSPS) is 11.4. The minimum Gasteiger partial charge on any atom is -0.684 e. The molecular formula is C14H16N7O-. The predicted octanol–water partition coefficient (Wildman–Crippen LogP) is 2.19. The van der Waals surface area contributed by atoms with Crippen LogP contribution in [0.15, 0.2) is 25.0 Å². The molecule has 0 unspecified atom stereocenters. The van der Waals surface area contributed by atoms with Gasteiger partial charge in [0.05, 0.1) is 30.1 Å². The van der Waals surface area contributed by atoms with Crippen LogP contribution in [0.3, 0.4) is 0 Å². The van der Waals surface area contributed by atoms with Crippen molar-refractivity contribution in [2.45, 2.75) is 6.92 Å². The number of hydrogen-bond donors (Lipinski definition) is 0. The van der Waals surface area contributed by atoms with E-state index in [2.05, 4.69) is 25.5 Å². The molecule has 0 radical (unpaired) electrons. The second-order valence-corrected chi connectivity index (χ2v) is 4.51. The molecule has 0 aliphatic rings. The molecule has 0 spiro atoms. The summed E-state index contributed by atoms with van der Waals surface area (Å²) < 4.78 is 8.69. The van der Waals surface area contributed by atoms with E-state index in [9.17, 15) is 0 Å². The zero-order chi connectivity index (χ0) is 15.5. The first-order valence-electron chi connectivity index (χ1n) is 6.85. The maximum Gasteiger partial charge on any atom is 0.168 e. The highest BCUT2D eigenvalue weighted by atomic mass is 16.5. The third-order valence-electron chi connectivity index (χ3n) is 3.22. The molecule has 0 aliphatic carbocycles. The number of nitrogens with zero attached hydrogens (tertiary/aromatic N) is 7. The molecule has 22 heavy (non-hydrogen) atoms. The molecule has 0 amide bonds. The Bertz CT molecular complexity index is 818. The van der Waals surface area contributed by atoms with Crippen molar-refractivity contribution in [2.24, 2.45) is 7.05 Å². The summed E-state index contributed by atoms with van der Waals surface area (Å²) in [5, 5.41) is 13.7. The maximum atomic E-state index is 5.28. The Morgan fingerprint density at radius 3 is 2.91 bits per heavy atom. The van der Waals surface area contributed by atoms with E-state index in [1.54, 1.807) is 35.1 Å². The Labute approximate surface area is 127 Å². The molecule has 8 heteroatoms. The fourth-order valence-electron chi connectivity index (χ4n) is 2.17. The van der Waals surface area contributed by atoms with Gasteiger partial charge in [-0.3, -0.25) is 4.68 Å². The lowest BCUT2D eigenvalue weighted by Gasteiger charge is -2.13. The van der Waals surface area contributed by atoms with E-state index in [0.717, 1.165) is 22.4 Å². The van der Waals surface area contributed by atoms with E-state index in [0.29, 0.717) is 12.4 Å². The van der Waals surface area contributed by atoms with E-state index < -0.39 is 0 Å². The van der Waals surface area contributed by atoms with E-state index in [1.165, 1.54) is 6.33 Å². The quantitative estimate of drug-likeness (QED) is 0.674. The van der Waals surface area contributed by atoms with Gasteiger partial charge in [0.1, 0.15) is 6.33 Å². The summed E-state index contributed by atoms with van der Waals surface area (Å²) in [7, 11) is 3.56. The highest BCUT2D eigenvalue weighted by molar-refractivity contribution is 5.83. The average molecular weight is 298 g/mol. The lowest BCUT2D eigenvalue weighted by atomic mass is 10.3. The highest BCUT2D eigenvalue weighted by Gasteiger charge is 2.13. The van der Waals surface area contributed by atoms with Crippen LogP contribution >= 0.6 is 0 Å². The van der Waals surface area contributed by atoms with Crippen molar-refractivity contribution in [1.29, 1.82) is 0 Å². The van der Waals surface area contributed by atoms with Crippen molar-refractivity contribution in [1.82, 2.24) is 29.5 Å². The van der Waals surface area contributed by atoms with Crippen molar-refractivity contribution >= 4 is 22.8 Å². The van der Waals surface area contributed by atoms with Crippen molar-refractivity contribution in [3.8, 4) is 5.82 Å². The molecule has 0 aromatic carbocycles. The topological polar surface area (TPSA) is 84.8 Å². The molecular weight excluding hydrogens is 282 g/mol. The number of fused-ring (bicyclic) bond motifs is 1. The van der Waals surface area contributed by atoms with Crippen LogP contribution in [-0.4, -0.2) is 43.2 Å². The minimum absolute atomic E-state index is 0.601. The highest BCUT2D eigenvalue weighted by Crippen LogP contribution is 2.27. The lowest BCUT2D eigenvalue weighted by molar-refractivity contribution is 0.272. The van der Waals surface area contributed by atoms with E-state index in [-0.39, 0.29) is 0 Å². The average Bonchev–Trinajstić information content (AvgIpc) is 3.11. The second kappa shape index (κ2) is 5.84. The first kappa shape index (κ1) is 14.1. The molecule has 0 bridgehead atoms. The zero-order valence-corrected chi connectivity index (χ0v) is 12.6. The van der Waals surface area contributed by atoms with Gasteiger partial charge < -0.3 is 10.1 Å². The van der Waals surface area contributed by atoms with Crippen LogP contribution < -0.4 is 0 Å². The fraction of sp³-hybridized carbons (Fsp3) is 0.286. The molecule has 3 aromatic rings. The Morgan fingerprint density at radius 2 is 2.14 bits per heavy atom. The maximum absolute atomic E-state index is 5.28. The number of rotatable bonds is 5. The summed E-state index contributed by atoms with van der Waals surface area (Å²) in [5.41, 5.74) is 2.29. The molecule has 0 atom stereocenters. The predicted molar refractivity (Wildman–Crippen MR) is 83.0 cm³/mol. The summed E-state index contributed by atoms with van der Waals surface area (Å²) in [4.78, 5) is 8.59. The number of aromatic nitrogens is 6. The minimum atomic E-state index is 0.601. The van der Waals surface area contributed by atoms with Crippen molar-refractivity contribution in [2.75, 3.05) is 13.7 Å².